The second kappa shape index (κ2) is 16.0. The first-order valence-corrected chi connectivity index (χ1v) is 11.2. The van der Waals surface area contributed by atoms with Crippen molar-refractivity contribution in [3.63, 3.8) is 0 Å². The third kappa shape index (κ3) is 11.6. The number of non-ortho nitro benzene ring substituents is 1. The minimum atomic E-state index is -0.973. The van der Waals surface area contributed by atoms with Crippen LogP contribution in [0, 0.1) is 20.2 Å². The summed E-state index contributed by atoms with van der Waals surface area (Å²) in [4.78, 5) is 32.1. The van der Waals surface area contributed by atoms with E-state index in [1.54, 1.807) is 0 Å². The number of ether oxygens (including phenoxy) is 2. The van der Waals surface area contributed by atoms with E-state index in [-0.39, 0.29) is 31.4 Å². The maximum atomic E-state index is 11.8. The van der Waals surface area contributed by atoms with Crippen LogP contribution in [0.5, 0.6) is 5.75 Å². The van der Waals surface area contributed by atoms with Crippen LogP contribution >= 0.6 is 0 Å². The van der Waals surface area contributed by atoms with Crippen molar-refractivity contribution in [3.05, 3.63) is 38.4 Å². The van der Waals surface area contributed by atoms with Crippen LogP contribution in [0.4, 0.5) is 11.4 Å². The molecule has 10 heteroatoms. The Morgan fingerprint density at radius 3 is 2.22 bits per heavy atom. The molecule has 0 radical (unpaired) electrons. The van der Waals surface area contributed by atoms with E-state index in [0.717, 1.165) is 37.5 Å². The average molecular weight is 455 g/mol. The maximum absolute atomic E-state index is 11.8. The quantitative estimate of drug-likeness (QED) is 0.140. The fraction of sp³-hybridized carbons (Fsp3) is 0.682. The van der Waals surface area contributed by atoms with Crippen molar-refractivity contribution in [1.82, 2.24) is 0 Å². The van der Waals surface area contributed by atoms with Crippen molar-refractivity contribution in [2.45, 2.75) is 83.7 Å². The molecule has 0 aliphatic rings. The summed E-state index contributed by atoms with van der Waals surface area (Å²) in [7, 11) is 0. The van der Waals surface area contributed by atoms with Crippen molar-refractivity contribution in [2.24, 2.45) is 0 Å². The molecule has 0 bridgehead atoms. The Kier molecular flexibility index (Phi) is 13.6. The second-order valence-corrected chi connectivity index (χ2v) is 7.72. The number of rotatable bonds is 18. The standard InChI is InChI=1S/C22H34N2O8/c1-2-3-4-5-6-7-8-9-10-11-22(26)32-17-19(25)14-15-31-21-13-12-18(23(27)28)16-20(21)24(29)30/h12-13,16,19,25H,2-11,14-15,17H2,1H3. The zero-order valence-corrected chi connectivity index (χ0v) is 18.7. The van der Waals surface area contributed by atoms with Crippen LogP contribution in [-0.4, -0.2) is 40.2 Å². The number of esters is 1. The number of nitro benzene ring substituents is 2. The highest BCUT2D eigenvalue weighted by atomic mass is 16.6. The first-order valence-electron chi connectivity index (χ1n) is 11.2. The minimum Gasteiger partial charge on any atom is -0.487 e. The van der Waals surface area contributed by atoms with Gasteiger partial charge >= 0.3 is 11.7 Å². The molecule has 1 aromatic carbocycles. The molecule has 1 rings (SSSR count). The van der Waals surface area contributed by atoms with E-state index in [4.69, 9.17) is 9.47 Å². The Hall–Kier alpha value is -2.75. The first-order chi connectivity index (χ1) is 15.3. The van der Waals surface area contributed by atoms with Gasteiger partial charge in [0.1, 0.15) is 6.61 Å². The predicted molar refractivity (Wildman–Crippen MR) is 119 cm³/mol. The lowest BCUT2D eigenvalue weighted by molar-refractivity contribution is -0.394. The molecule has 32 heavy (non-hydrogen) atoms. The van der Waals surface area contributed by atoms with Crippen molar-refractivity contribution in [3.8, 4) is 5.75 Å². The Labute approximate surface area is 188 Å². The van der Waals surface area contributed by atoms with Crippen molar-refractivity contribution < 1.29 is 29.2 Å². The summed E-state index contributed by atoms with van der Waals surface area (Å²) in [5, 5.41) is 31.7. The molecule has 1 unspecified atom stereocenters. The molecule has 0 spiro atoms. The third-order valence-corrected chi connectivity index (χ3v) is 4.98. The van der Waals surface area contributed by atoms with Crippen LogP contribution in [0.15, 0.2) is 18.2 Å². The van der Waals surface area contributed by atoms with Gasteiger partial charge < -0.3 is 14.6 Å². The molecule has 1 aromatic rings. The number of carbonyl (C=O) groups excluding carboxylic acids is 1. The van der Waals surface area contributed by atoms with Crippen LogP contribution in [-0.2, 0) is 9.53 Å². The van der Waals surface area contributed by atoms with Crippen LogP contribution in [0.3, 0.4) is 0 Å². The predicted octanol–water partition coefficient (Wildman–Crippen LogP) is 5.10. The van der Waals surface area contributed by atoms with Gasteiger partial charge in [0, 0.05) is 18.9 Å². The zero-order chi connectivity index (χ0) is 23.8. The van der Waals surface area contributed by atoms with Gasteiger partial charge in [-0.25, -0.2) is 0 Å². The first kappa shape index (κ1) is 27.3. The van der Waals surface area contributed by atoms with Gasteiger partial charge in [0.15, 0.2) is 5.75 Å². The van der Waals surface area contributed by atoms with Gasteiger partial charge in [0.05, 0.1) is 28.6 Å². The van der Waals surface area contributed by atoms with Gasteiger partial charge in [0.25, 0.3) is 5.69 Å². The van der Waals surface area contributed by atoms with Gasteiger partial charge in [-0.3, -0.25) is 25.0 Å². The number of nitrogens with zero attached hydrogens (tertiary/aromatic N) is 2. The fourth-order valence-electron chi connectivity index (χ4n) is 3.11. The minimum absolute atomic E-state index is 0.0738. The molecule has 0 fully saturated rings. The summed E-state index contributed by atoms with van der Waals surface area (Å²) in [6.07, 6.45) is 9.79. The van der Waals surface area contributed by atoms with Crippen molar-refractivity contribution >= 4 is 17.3 Å². The van der Waals surface area contributed by atoms with Gasteiger partial charge in [-0.05, 0) is 12.5 Å². The number of benzene rings is 1. The lowest BCUT2D eigenvalue weighted by atomic mass is 10.1. The average Bonchev–Trinajstić information content (AvgIpc) is 2.76. The number of aliphatic hydroxyl groups excluding tert-OH is 1. The highest BCUT2D eigenvalue weighted by molar-refractivity contribution is 5.69. The molecule has 1 atom stereocenters. The highest BCUT2D eigenvalue weighted by Crippen LogP contribution is 2.31. The lowest BCUT2D eigenvalue weighted by Crippen LogP contribution is -2.21. The zero-order valence-electron chi connectivity index (χ0n) is 18.7. The summed E-state index contributed by atoms with van der Waals surface area (Å²) < 4.78 is 10.3. The molecule has 0 saturated heterocycles. The molecular weight excluding hydrogens is 420 g/mol. The normalized spacial score (nSPS) is 11.7. The molecule has 0 aliphatic heterocycles. The number of hydrogen-bond acceptors (Lipinski definition) is 8. The monoisotopic (exact) mass is 454 g/mol. The van der Waals surface area contributed by atoms with E-state index >= 15 is 0 Å². The summed E-state index contributed by atoms with van der Waals surface area (Å²) in [6.45, 7) is 1.94. The Morgan fingerprint density at radius 1 is 1.00 bits per heavy atom. The van der Waals surface area contributed by atoms with Gasteiger partial charge in [-0.2, -0.15) is 0 Å². The number of carbonyl (C=O) groups is 1. The van der Waals surface area contributed by atoms with Crippen LogP contribution in [0.2, 0.25) is 0 Å². The summed E-state index contributed by atoms with van der Waals surface area (Å²) >= 11 is 0. The fourth-order valence-corrected chi connectivity index (χ4v) is 3.11. The topological polar surface area (TPSA) is 142 Å². The van der Waals surface area contributed by atoms with Gasteiger partial charge in [-0.1, -0.05) is 58.3 Å². The van der Waals surface area contributed by atoms with Crippen LogP contribution in [0.25, 0.3) is 0 Å². The molecule has 0 aromatic heterocycles. The smallest absolute Gasteiger partial charge is 0.317 e. The van der Waals surface area contributed by atoms with Gasteiger partial charge in [-0.15, -0.1) is 0 Å². The molecule has 0 aliphatic carbocycles. The molecule has 10 nitrogen and oxygen atoms in total. The van der Waals surface area contributed by atoms with E-state index in [2.05, 4.69) is 6.92 Å². The number of nitro groups is 2. The summed E-state index contributed by atoms with van der Waals surface area (Å²) in [5.41, 5.74) is -0.941. The van der Waals surface area contributed by atoms with E-state index in [1.807, 2.05) is 0 Å². The van der Waals surface area contributed by atoms with Gasteiger partial charge in [0.2, 0.25) is 0 Å². The van der Waals surface area contributed by atoms with E-state index in [9.17, 15) is 30.1 Å². The summed E-state index contributed by atoms with van der Waals surface area (Å²) in [5.74, 6) is -0.492. The number of aliphatic hydroxyl groups is 1. The Morgan fingerprint density at radius 2 is 1.62 bits per heavy atom. The Balaban J connectivity index is 2.18. The van der Waals surface area contributed by atoms with E-state index in [0.29, 0.717) is 6.42 Å². The van der Waals surface area contributed by atoms with Crippen LogP contribution < -0.4 is 4.74 Å². The molecule has 0 heterocycles. The largest absolute Gasteiger partial charge is 0.487 e. The second-order valence-electron chi connectivity index (χ2n) is 7.72. The third-order valence-electron chi connectivity index (χ3n) is 4.98. The molecule has 180 valence electrons. The number of unbranched alkanes of at least 4 members (excludes halogenated alkanes) is 8. The Bertz CT molecular complexity index is 726. The number of hydrogen-bond donors (Lipinski definition) is 1. The van der Waals surface area contributed by atoms with E-state index in [1.165, 1.54) is 38.5 Å². The van der Waals surface area contributed by atoms with E-state index < -0.39 is 27.3 Å². The highest BCUT2D eigenvalue weighted by Gasteiger charge is 2.21. The SMILES string of the molecule is CCCCCCCCCCCC(=O)OCC(O)CCOc1ccc([N+](=O)[O-])cc1[N+](=O)[O-]. The van der Waals surface area contributed by atoms with Crippen molar-refractivity contribution in [2.75, 3.05) is 13.2 Å². The molecular formula is C22H34N2O8. The molecule has 1 N–H and O–H groups in total. The van der Waals surface area contributed by atoms with Crippen molar-refractivity contribution in [1.29, 1.82) is 0 Å². The maximum Gasteiger partial charge on any atom is 0.317 e. The van der Waals surface area contributed by atoms with Crippen LogP contribution in [0.1, 0.15) is 77.6 Å². The molecule has 0 amide bonds. The molecule has 0 saturated carbocycles. The summed E-state index contributed by atoms with van der Waals surface area (Å²) in [6, 6.07) is 3.07. The lowest BCUT2D eigenvalue weighted by Gasteiger charge is -2.12.